The van der Waals surface area contributed by atoms with Crippen molar-refractivity contribution in [3.63, 3.8) is 0 Å². The second kappa shape index (κ2) is 7.63. The molecule has 1 aliphatic rings. The summed E-state index contributed by atoms with van der Waals surface area (Å²) in [6.45, 7) is 2.91. The molecule has 0 radical (unpaired) electrons. The van der Waals surface area contributed by atoms with Gasteiger partial charge in [-0.05, 0) is 26.0 Å². The minimum atomic E-state index is -4.08. The Morgan fingerprint density at radius 3 is 2.46 bits per heavy atom. The molecule has 3 rings (SSSR count). The fraction of sp³-hybridized carbons (Fsp3) is 0.444. The molecule has 9 nitrogen and oxygen atoms in total. The zero-order chi connectivity index (χ0) is 20.6. The first-order valence-corrected chi connectivity index (χ1v) is 10.1. The maximum Gasteiger partial charge on any atom is 0.332 e. The lowest BCUT2D eigenvalue weighted by molar-refractivity contribution is -0.0418. The standard InChI is InChI=1S/C18H22N2O7S/c1-11-4-6-13(7-5-11)28(24,25)27-14-8-16(26-15(14)10-21)20-9-12(2)17(22)19(3)18(20)23/h4-7,9,14-16,21H,8,10H2,1-3H3/t14-,15+,16+/m0/s1. The van der Waals surface area contributed by atoms with Gasteiger partial charge in [0.05, 0.1) is 11.5 Å². The number of aliphatic hydroxyl groups is 1. The van der Waals surface area contributed by atoms with Crippen molar-refractivity contribution >= 4 is 10.1 Å². The van der Waals surface area contributed by atoms with Gasteiger partial charge in [-0.3, -0.25) is 18.1 Å². The molecule has 1 N–H and O–H groups in total. The molecule has 1 aliphatic heterocycles. The first-order chi connectivity index (χ1) is 13.1. The molecular weight excluding hydrogens is 388 g/mol. The Labute approximate surface area is 161 Å². The molecule has 28 heavy (non-hydrogen) atoms. The predicted octanol–water partition coefficient (Wildman–Crippen LogP) is 0.218. The van der Waals surface area contributed by atoms with Crippen molar-refractivity contribution in [2.24, 2.45) is 7.05 Å². The SMILES string of the molecule is Cc1ccc(S(=O)(=O)O[C@H]2C[C@H](n3cc(C)c(=O)n(C)c3=O)O[C@@H]2CO)cc1. The minimum absolute atomic E-state index is 0.00615. The number of ether oxygens (including phenoxy) is 1. The van der Waals surface area contributed by atoms with Crippen LogP contribution in [0.25, 0.3) is 0 Å². The van der Waals surface area contributed by atoms with Gasteiger partial charge in [0, 0.05) is 25.2 Å². The summed E-state index contributed by atoms with van der Waals surface area (Å²) < 4.78 is 38.2. The lowest BCUT2D eigenvalue weighted by Crippen LogP contribution is -2.40. The largest absolute Gasteiger partial charge is 0.394 e. The van der Waals surface area contributed by atoms with E-state index in [4.69, 9.17) is 8.92 Å². The number of hydrogen-bond acceptors (Lipinski definition) is 7. The molecule has 3 atom stereocenters. The van der Waals surface area contributed by atoms with Crippen molar-refractivity contribution in [2.45, 2.75) is 43.6 Å². The van der Waals surface area contributed by atoms with Crippen LogP contribution in [0.5, 0.6) is 0 Å². The second-order valence-electron chi connectivity index (χ2n) is 6.82. The van der Waals surface area contributed by atoms with E-state index in [9.17, 15) is 23.1 Å². The van der Waals surface area contributed by atoms with E-state index < -0.39 is 46.4 Å². The lowest BCUT2D eigenvalue weighted by atomic mass is 10.2. The highest BCUT2D eigenvalue weighted by atomic mass is 32.2. The number of hydrogen-bond donors (Lipinski definition) is 1. The molecule has 0 spiro atoms. The fourth-order valence-corrected chi connectivity index (χ4v) is 4.22. The third kappa shape index (κ3) is 3.81. The molecule has 0 unspecified atom stereocenters. The quantitative estimate of drug-likeness (QED) is 0.701. The summed E-state index contributed by atoms with van der Waals surface area (Å²) in [5.41, 5.74) is 0.218. The molecule has 1 fully saturated rings. The highest BCUT2D eigenvalue weighted by Crippen LogP contribution is 2.32. The van der Waals surface area contributed by atoms with Crippen LogP contribution >= 0.6 is 0 Å². The molecule has 0 aliphatic carbocycles. The van der Waals surface area contributed by atoms with E-state index in [2.05, 4.69) is 0 Å². The summed E-state index contributed by atoms with van der Waals surface area (Å²) in [6.07, 6.45) is -1.40. The van der Waals surface area contributed by atoms with Crippen LogP contribution in [0.2, 0.25) is 0 Å². The van der Waals surface area contributed by atoms with Gasteiger partial charge in [0.1, 0.15) is 18.4 Å². The Kier molecular flexibility index (Phi) is 5.57. The third-order valence-corrected chi connectivity index (χ3v) is 6.06. The van der Waals surface area contributed by atoms with Crippen molar-refractivity contribution in [2.75, 3.05) is 6.61 Å². The van der Waals surface area contributed by atoms with Crippen molar-refractivity contribution < 1.29 is 22.4 Å². The van der Waals surface area contributed by atoms with E-state index in [1.54, 1.807) is 19.1 Å². The van der Waals surface area contributed by atoms with Gasteiger partial charge in [-0.15, -0.1) is 0 Å². The Morgan fingerprint density at radius 2 is 1.86 bits per heavy atom. The summed E-state index contributed by atoms with van der Waals surface area (Å²) in [6, 6.07) is 6.18. The summed E-state index contributed by atoms with van der Waals surface area (Å²) in [5, 5.41) is 9.59. The van der Waals surface area contributed by atoms with E-state index in [-0.39, 0.29) is 11.3 Å². The highest BCUT2D eigenvalue weighted by molar-refractivity contribution is 7.86. The number of aliphatic hydroxyl groups excluding tert-OH is 1. The van der Waals surface area contributed by atoms with E-state index in [0.717, 1.165) is 10.1 Å². The molecule has 10 heteroatoms. The van der Waals surface area contributed by atoms with Crippen LogP contribution in [0, 0.1) is 13.8 Å². The average molecular weight is 410 g/mol. The molecular formula is C18H22N2O7S. The van der Waals surface area contributed by atoms with Gasteiger partial charge in [-0.2, -0.15) is 8.42 Å². The van der Waals surface area contributed by atoms with E-state index in [0.29, 0.717) is 5.56 Å². The summed E-state index contributed by atoms with van der Waals surface area (Å²) in [5.74, 6) is 0. The number of aryl methyl sites for hydroxylation is 2. The number of rotatable bonds is 5. The summed E-state index contributed by atoms with van der Waals surface area (Å²) in [4.78, 5) is 24.3. The predicted molar refractivity (Wildman–Crippen MR) is 99.5 cm³/mol. The molecule has 152 valence electrons. The monoisotopic (exact) mass is 410 g/mol. The number of benzene rings is 1. The molecule has 0 amide bonds. The van der Waals surface area contributed by atoms with E-state index in [1.165, 1.54) is 29.9 Å². The van der Waals surface area contributed by atoms with Crippen LogP contribution in [0.4, 0.5) is 0 Å². The van der Waals surface area contributed by atoms with Gasteiger partial charge in [0.25, 0.3) is 15.7 Å². The zero-order valence-electron chi connectivity index (χ0n) is 15.7. The van der Waals surface area contributed by atoms with Crippen LogP contribution in [-0.4, -0.2) is 41.5 Å². The first kappa shape index (κ1) is 20.5. The fourth-order valence-electron chi connectivity index (χ4n) is 3.11. The van der Waals surface area contributed by atoms with Gasteiger partial charge in [-0.1, -0.05) is 17.7 Å². The smallest absolute Gasteiger partial charge is 0.332 e. The van der Waals surface area contributed by atoms with Crippen molar-refractivity contribution in [1.82, 2.24) is 9.13 Å². The van der Waals surface area contributed by atoms with Gasteiger partial charge < -0.3 is 9.84 Å². The summed E-state index contributed by atoms with van der Waals surface area (Å²) in [7, 11) is -2.73. The van der Waals surface area contributed by atoms with Crippen molar-refractivity contribution in [3.8, 4) is 0 Å². The lowest BCUT2D eigenvalue weighted by Gasteiger charge is -2.16. The summed E-state index contributed by atoms with van der Waals surface area (Å²) >= 11 is 0. The van der Waals surface area contributed by atoms with E-state index in [1.807, 2.05) is 6.92 Å². The number of aromatic nitrogens is 2. The van der Waals surface area contributed by atoms with Gasteiger partial charge in [-0.25, -0.2) is 4.79 Å². The second-order valence-corrected chi connectivity index (χ2v) is 8.39. The van der Waals surface area contributed by atoms with Crippen LogP contribution in [0.15, 0.2) is 44.9 Å². The Balaban J connectivity index is 1.88. The molecule has 1 saturated heterocycles. The first-order valence-electron chi connectivity index (χ1n) is 8.69. The molecule has 1 aromatic heterocycles. The van der Waals surface area contributed by atoms with Gasteiger partial charge in [0.2, 0.25) is 0 Å². The molecule has 2 aromatic rings. The average Bonchev–Trinajstić information content (AvgIpc) is 3.05. The van der Waals surface area contributed by atoms with Crippen LogP contribution in [0.1, 0.15) is 23.8 Å². The number of nitrogens with zero attached hydrogens (tertiary/aromatic N) is 2. The van der Waals surface area contributed by atoms with Crippen LogP contribution < -0.4 is 11.2 Å². The molecule has 1 aromatic carbocycles. The van der Waals surface area contributed by atoms with E-state index >= 15 is 0 Å². The van der Waals surface area contributed by atoms with Crippen LogP contribution in [0.3, 0.4) is 0 Å². The Hall–Kier alpha value is -2.27. The van der Waals surface area contributed by atoms with Crippen LogP contribution in [-0.2, 0) is 26.1 Å². The maximum atomic E-state index is 12.6. The molecule has 2 heterocycles. The van der Waals surface area contributed by atoms with Crippen molar-refractivity contribution in [1.29, 1.82) is 0 Å². The normalized spacial score (nSPS) is 22.5. The topological polar surface area (TPSA) is 117 Å². The van der Waals surface area contributed by atoms with Crippen molar-refractivity contribution in [3.05, 3.63) is 62.4 Å². The van der Waals surface area contributed by atoms with Gasteiger partial charge >= 0.3 is 5.69 Å². The minimum Gasteiger partial charge on any atom is -0.394 e. The zero-order valence-corrected chi connectivity index (χ0v) is 16.5. The molecule has 0 bridgehead atoms. The third-order valence-electron chi connectivity index (χ3n) is 4.71. The van der Waals surface area contributed by atoms with Gasteiger partial charge in [0.15, 0.2) is 0 Å². The Morgan fingerprint density at radius 1 is 1.21 bits per heavy atom. The molecule has 0 saturated carbocycles. The maximum absolute atomic E-state index is 12.6. The Bertz CT molecular complexity index is 1090. The highest BCUT2D eigenvalue weighted by Gasteiger charge is 2.40.